The molecule has 1 amide bonds. The van der Waals surface area contributed by atoms with E-state index in [1.807, 2.05) is 31.3 Å². The van der Waals surface area contributed by atoms with Crippen LogP contribution in [0.25, 0.3) is 0 Å². The van der Waals surface area contributed by atoms with Crippen molar-refractivity contribution < 1.29 is 28.9 Å². The van der Waals surface area contributed by atoms with Crippen LogP contribution in [0, 0.1) is 0 Å². The van der Waals surface area contributed by atoms with Crippen molar-refractivity contribution in [3.63, 3.8) is 0 Å². The molecular weight excluding hydrogens is 448 g/mol. The second-order valence-electron chi connectivity index (χ2n) is 8.20. The topological polar surface area (TPSA) is 97.3 Å². The summed E-state index contributed by atoms with van der Waals surface area (Å²) < 4.78 is 16.8. The van der Waals surface area contributed by atoms with Gasteiger partial charge in [-0.1, -0.05) is 12.1 Å². The average molecular weight is 477 g/mol. The normalized spacial score (nSPS) is 14.5. The van der Waals surface area contributed by atoms with Gasteiger partial charge in [-0.05, 0) is 61.5 Å². The Kier molecular flexibility index (Phi) is 7.40. The lowest BCUT2D eigenvalue weighted by atomic mass is 10.1. The second-order valence-corrected chi connectivity index (χ2v) is 8.20. The van der Waals surface area contributed by atoms with Crippen LogP contribution in [-0.4, -0.2) is 49.9 Å². The van der Waals surface area contributed by atoms with Crippen molar-refractivity contribution in [1.82, 2.24) is 0 Å². The summed E-state index contributed by atoms with van der Waals surface area (Å²) in [4.78, 5) is 26.5. The third-order valence-electron chi connectivity index (χ3n) is 5.58. The Morgan fingerprint density at radius 1 is 1.11 bits per heavy atom. The number of phenols is 1. The fourth-order valence-electron chi connectivity index (χ4n) is 3.85. The molecule has 3 aromatic rings. The molecule has 1 aliphatic rings. The van der Waals surface area contributed by atoms with E-state index in [9.17, 15) is 14.7 Å². The van der Waals surface area contributed by atoms with Crippen molar-refractivity contribution in [2.24, 2.45) is 0 Å². The standard InChI is InChI=1S/C27H28N2O6/c1-3-33-26(31)15-19-14-20(10-13-24(19)30)28-27(32)18-8-11-21(12-9-18)34-17-22-16-29(2)23-6-4-5-7-25(23)35-22/h4-14,22,30H,3,15-17H2,1-2H3,(H,28,32)/t22-/m0/s1. The van der Waals surface area contributed by atoms with Gasteiger partial charge in [-0.15, -0.1) is 0 Å². The number of likely N-dealkylation sites (N-methyl/N-ethyl adjacent to an activating group) is 1. The van der Waals surface area contributed by atoms with E-state index in [2.05, 4.69) is 10.2 Å². The summed E-state index contributed by atoms with van der Waals surface area (Å²) in [5.41, 5.74) is 2.34. The number of hydrogen-bond donors (Lipinski definition) is 2. The van der Waals surface area contributed by atoms with Crippen molar-refractivity contribution in [2.75, 3.05) is 37.0 Å². The zero-order valence-electron chi connectivity index (χ0n) is 19.7. The molecule has 3 aromatic carbocycles. The zero-order valence-corrected chi connectivity index (χ0v) is 19.7. The first-order valence-electron chi connectivity index (χ1n) is 11.4. The molecule has 1 heterocycles. The number of anilines is 2. The van der Waals surface area contributed by atoms with E-state index < -0.39 is 5.97 Å². The molecule has 0 fully saturated rings. The Balaban J connectivity index is 1.33. The molecule has 0 spiro atoms. The number of benzene rings is 3. The van der Waals surface area contributed by atoms with Crippen molar-refractivity contribution in [3.8, 4) is 17.2 Å². The molecule has 1 aliphatic heterocycles. The maximum Gasteiger partial charge on any atom is 0.310 e. The Labute approximate surface area is 204 Å². The smallest absolute Gasteiger partial charge is 0.310 e. The molecule has 0 aromatic heterocycles. The van der Waals surface area contributed by atoms with Gasteiger partial charge in [0.1, 0.15) is 30.0 Å². The van der Waals surface area contributed by atoms with Crippen LogP contribution in [0.15, 0.2) is 66.7 Å². The number of para-hydroxylation sites is 2. The number of nitrogens with zero attached hydrogens (tertiary/aromatic N) is 1. The van der Waals surface area contributed by atoms with Gasteiger partial charge in [0.05, 0.1) is 25.3 Å². The lowest BCUT2D eigenvalue weighted by molar-refractivity contribution is -0.142. The van der Waals surface area contributed by atoms with Gasteiger partial charge >= 0.3 is 5.97 Å². The molecule has 0 saturated carbocycles. The molecule has 0 saturated heterocycles. The number of rotatable bonds is 8. The van der Waals surface area contributed by atoms with Crippen molar-refractivity contribution in [3.05, 3.63) is 77.9 Å². The van der Waals surface area contributed by atoms with E-state index in [-0.39, 0.29) is 30.8 Å². The van der Waals surface area contributed by atoms with E-state index in [0.717, 1.165) is 11.4 Å². The highest BCUT2D eigenvalue weighted by Gasteiger charge is 2.23. The van der Waals surface area contributed by atoms with Crippen LogP contribution in [0.2, 0.25) is 0 Å². The molecule has 4 rings (SSSR count). The summed E-state index contributed by atoms with van der Waals surface area (Å²) in [6, 6.07) is 19.3. The van der Waals surface area contributed by atoms with Crippen LogP contribution in [-0.2, 0) is 16.0 Å². The summed E-state index contributed by atoms with van der Waals surface area (Å²) in [5.74, 6) is 0.665. The van der Waals surface area contributed by atoms with E-state index in [1.54, 1.807) is 43.3 Å². The summed E-state index contributed by atoms with van der Waals surface area (Å²) in [6.45, 7) is 3.06. The number of nitrogens with one attached hydrogen (secondary N) is 1. The average Bonchev–Trinajstić information content (AvgIpc) is 2.85. The van der Waals surface area contributed by atoms with Gasteiger partial charge in [-0.25, -0.2) is 0 Å². The van der Waals surface area contributed by atoms with Crippen LogP contribution in [0.5, 0.6) is 17.2 Å². The van der Waals surface area contributed by atoms with Gasteiger partial charge < -0.3 is 29.5 Å². The van der Waals surface area contributed by atoms with Gasteiger partial charge in [-0.2, -0.15) is 0 Å². The number of esters is 1. The highest BCUT2D eigenvalue weighted by atomic mass is 16.5. The fourth-order valence-corrected chi connectivity index (χ4v) is 3.85. The number of carbonyl (C=O) groups excluding carboxylic acids is 2. The number of phenolic OH excluding ortho intramolecular Hbond substituents is 1. The van der Waals surface area contributed by atoms with E-state index in [4.69, 9.17) is 14.2 Å². The second kappa shape index (κ2) is 10.8. The molecule has 0 radical (unpaired) electrons. The molecule has 0 aliphatic carbocycles. The lowest BCUT2D eigenvalue weighted by Gasteiger charge is -2.33. The van der Waals surface area contributed by atoms with Crippen LogP contribution >= 0.6 is 0 Å². The lowest BCUT2D eigenvalue weighted by Crippen LogP contribution is -2.41. The van der Waals surface area contributed by atoms with Gasteiger partial charge in [0.15, 0.2) is 0 Å². The minimum atomic E-state index is -0.448. The third kappa shape index (κ3) is 6.03. The van der Waals surface area contributed by atoms with E-state index >= 15 is 0 Å². The van der Waals surface area contributed by atoms with Crippen LogP contribution in [0.4, 0.5) is 11.4 Å². The maximum absolute atomic E-state index is 12.7. The van der Waals surface area contributed by atoms with Crippen molar-refractivity contribution in [1.29, 1.82) is 0 Å². The number of ether oxygens (including phenoxy) is 3. The van der Waals surface area contributed by atoms with E-state index in [1.165, 1.54) is 6.07 Å². The minimum Gasteiger partial charge on any atom is -0.508 e. The molecule has 8 nitrogen and oxygen atoms in total. The number of hydrogen-bond acceptors (Lipinski definition) is 7. The number of carbonyl (C=O) groups is 2. The Bertz CT molecular complexity index is 1190. The van der Waals surface area contributed by atoms with Crippen LogP contribution in [0.1, 0.15) is 22.8 Å². The molecule has 35 heavy (non-hydrogen) atoms. The minimum absolute atomic E-state index is 0.0332. The Morgan fingerprint density at radius 3 is 2.66 bits per heavy atom. The maximum atomic E-state index is 12.7. The molecule has 182 valence electrons. The number of aromatic hydroxyl groups is 1. The van der Waals surface area contributed by atoms with E-state index in [0.29, 0.717) is 35.7 Å². The first-order valence-corrected chi connectivity index (χ1v) is 11.4. The monoisotopic (exact) mass is 476 g/mol. The van der Waals surface area contributed by atoms with Crippen molar-refractivity contribution in [2.45, 2.75) is 19.4 Å². The predicted molar refractivity (Wildman–Crippen MR) is 132 cm³/mol. The summed E-state index contributed by atoms with van der Waals surface area (Å²) in [5, 5.41) is 12.8. The fraction of sp³-hybridized carbons (Fsp3) is 0.259. The van der Waals surface area contributed by atoms with Crippen molar-refractivity contribution >= 4 is 23.3 Å². The zero-order chi connectivity index (χ0) is 24.8. The first-order chi connectivity index (χ1) is 16.9. The van der Waals surface area contributed by atoms with Gasteiger partial charge in [0, 0.05) is 23.9 Å². The molecular formula is C27H28N2O6. The molecule has 2 N–H and O–H groups in total. The Morgan fingerprint density at radius 2 is 1.89 bits per heavy atom. The molecule has 8 heteroatoms. The molecule has 0 bridgehead atoms. The summed E-state index contributed by atoms with van der Waals surface area (Å²) >= 11 is 0. The quantitative estimate of drug-likeness (QED) is 0.374. The van der Waals surface area contributed by atoms with Gasteiger partial charge in [0.25, 0.3) is 5.91 Å². The predicted octanol–water partition coefficient (Wildman–Crippen LogP) is 4.03. The molecule has 0 unspecified atom stereocenters. The first kappa shape index (κ1) is 23.9. The highest BCUT2D eigenvalue weighted by molar-refractivity contribution is 6.04. The summed E-state index contributed by atoms with van der Waals surface area (Å²) in [7, 11) is 2.02. The highest BCUT2D eigenvalue weighted by Crippen LogP contribution is 2.32. The SMILES string of the molecule is CCOC(=O)Cc1cc(NC(=O)c2ccc(OC[C@@H]3CN(C)c4ccccc4O3)cc2)ccc1O. The Hall–Kier alpha value is -4.20. The number of amides is 1. The molecule has 1 atom stereocenters. The third-order valence-corrected chi connectivity index (χ3v) is 5.58. The van der Waals surface area contributed by atoms with Crippen LogP contribution < -0.4 is 19.7 Å². The number of fused-ring (bicyclic) bond motifs is 1. The van der Waals surface area contributed by atoms with Crippen LogP contribution in [0.3, 0.4) is 0 Å². The summed E-state index contributed by atoms with van der Waals surface area (Å²) in [6.07, 6.45) is -0.196. The largest absolute Gasteiger partial charge is 0.508 e. The van der Waals surface area contributed by atoms with Gasteiger partial charge in [-0.3, -0.25) is 9.59 Å². The van der Waals surface area contributed by atoms with Gasteiger partial charge in [0.2, 0.25) is 0 Å².